The Morgan fingerprint density at radius 3 is 0.375 bits per heavy atom. The predicted octanol–water partition coefficient (Wildman–Crippen LogP) is -1.52. The quantitative estimate of drug-likeness (QED) is 0.169. The molecule has 4 rings (SSSR count). The third-order valence-corrected chi connectivity index (χ3v) is 6.08. The van der Waals surface area contributed by atoms with E-state index in [9.17, 15) is 0 Å². The van der Waals surface area contributed by atoms with E-state index in [0.29, 0.717) is 0 Å². The van der Waals surface area contributed by atoms with Crippen molar-refractivity contribution in [2.24, 2.45) is 0 Å². The van der Waals surface area contributed by atoms with E-state index in [4.69, 9.17) is 0 Å². The van der Waals surface area contributed by atoms with Crippen LogP contribution in [0, 0.1) is 55.4 Å². The fourth-order valence-electron chi connectivity index (χ4n) is 3.89. The predicted molar refractivity (Wildman–Crippen MR) is 131 cm³/mol. The Morgan fingerprint density at radius 1 is 0.219 bits per heavy atom. The molecule has 34 nitrogen and oxygen atoms in total. The maximum Gasteiger partial charge on any atom is 0.205 e. The molecule has 0 fully saturated rings. The molecule has 8 N–H and O–H groups in total. The van der Waals surface area contributed by atoms with Gasteiger partial charge in [0.15, 0.2) is 0 Å². The Labute approximate surface area is 482 Å². The number of nitrogens with one attached hydrogen (secondary N) is 8. The molecule has 0 saturated carbocycles. The summed E-state index contributed by atoms with van der Waals surface area (Å²) in [6, 6.07) is 0. The average molecular weight is 1600 g/mol. The summed E-state index contributed by atoms with van der Waals surface area (Å²) < 4.78 is 0. The number of H-pyrrole nitrogens is 8. The summed E-state index contributed by atoms with van der Waals surface area (Å²) >= 11 is 0. The summed E-state index contributed by atoms with van der Waals surface area (Å²) in [5, 5.41) is 25.1. The Balaban J connectivity index is -0.00000000697. The zero-order valence-corrected chi connectivity index (χ0v) is 49.4. The van der Waals surface area contributed by atoms with Gasteiger partial charge in [-0.1, -0.05) is 0 Å². The van der Waals surface area contributed by atoms with Crippen LogP contribution in [0.2, 0.25) is 0 Å². The third-order valence-electron chi connectivity index (χ3n) is 6.08. The van der Waals surface area contributed by atoms with Crippen LogP contribution < -0.4 is 20.4 Å². The fourth-order valence-corrected chi connectivity index (χ4v) is 3.89. The van der Waals surface area contributed by atoms with Crippen molar-refractivity contribution in [2.45, 2.75) is 68.2 Å². The van der Waals surface area contributed by atoms with Crippen molar-refractivity contribution in [3.05, 3.63) is 67.8 Å². The van der Waals surface area contributed by atoms with Gasteiger partial charge in [-0.3, -0.25) is 0 Å². The first-order valence-electron chi connectivity index (χ1n) is 10.4. The number of aromatic nitrogens is 8. The number of hydrogen-bond acceptors (Lipinski definition) is 0. The van der Waals surface area contributed by atoms with Crippen LogP contribution in [0.15, 0.2) is 0 Å². The first kappa shape index (κ1) is 243. The maximum atomic E-state index is 3.14. The molecule has 416 valence electrons. The average Bonchev–Trinajstić information content (AvgIpc) is 3.40. The van der Waals surface area contributed by atoms with E-state index in [-0.39, 0.29) is 311 Å². The summed E-state index contributed by atoms with van der Waals surface area (Å²) in [7, 11) is 0. The van der Waals surface area contributed by atoms with Gasteiger partial charge in [0.25, 0.3) is 0 Å². The second-order valence-corrected chi connectivity index (χ2v) is 8.27. The van der Waals surface area contributed by atoms with Crippen molar-refractivity contribution in [3.8, 4) is 0 Å². The van der Waals surface area contributed by atoms with Gasteiger partial charge in [-0.05, 0) is 27.7 Å². The zero-order chi connectivity index (χ0) is 22.0. The molecule has 0 atom stereocenters. The Morgan fingerprint density at radius 2 is 0.312 bits per heavy atom. The van der Waals surface area contributed by atoms with Gasteiger partial charge in [0.05, 0.1) is 45.0 Å². The SMILES string of the molecule is Cc1[nH][nH+]c(C)c1Cc1c(C)[nH][nH+]c1C.Cc1[nH][nH+]c(C)c1Cc1c(C)[nH][nH+]c1C.[Mo].[Mo].[Mo].[Mo].[Mo].[Mo].[Mo].[Mo].[O-2].[O-2].[O-2].[O-2].[O-2].[O-2].[O-2].[O-2].[O-2].[O-2].[O-2].[O-2].[O-2].[O-2].[O-2].[O-2].[O-2].[O-2].[O-2].[O-2].[O-2].[O-2].[O-2].[O-2].[O-2].[O-2]. The molecule has 4 aromatic heterocycles. The third kappa shape index (κ3) is 65.4. The second kappa shape index (κ2) is 115. The number of hydrogen-bond donors (Lipinski definition) is 4. The summed E-state index contributed by atoms with van der Waals surface area (Å²) in [5.74, 6) is 0. The van der Waals surface area contributed by atoms with Gasteiger partial charge in [0.2, 0.25) is 22.8 Å². The van der Waals surface area contributed by atoms with Crippen LogP contribution in [0.5, 0.6) is 0 Å². The van der Waals surface area contributed by atoms with Gasteiger partial charge in [-0.25, -0.2) is 0 Å². The summed E-state index contributed by atoms with van der Waals surface area (Å²) in [6.45, 7) is 16.8. The molecule has 0 spiro atoms. The molecule has 64 heavy (non-hydrogen) atoms. The topological polar surface area (TPSA) is 861 Å². The van der Waals surface area contributed by atoms with Crippen LogP contribution in [0.4, 0.5) is 0 Å². The van der Waals surface area contributed by atoms with Gasteiger partial charge in [0, 0.05) is 209 Å². The monoisotopic (exact) mass is 1610 g/mol. The van der Waals surface area contributed by atoms with E-state index >= 15 is 0 Å². The molecule has 0 aliphatic carbocycles. The van der Waals surface area contributed by atoms with Crippen molar-refractivity contribution in [1.82, 2.24) is 20.4 Å². The van der Waals surface area contributed by atoms with Crippen LogP contribution in [0.25, 0.3) is 0 Å². The molecule has 0 bridgehead atoms. The van der Waals surface area contributed by atoms with E-state index in [1.807, 2.05) is 0 Å². The van der Waals surface area contributed by atoms with E-state index in [1.165, 1.54) is 67.8 Å². The molecule has 4 aromatic rings. The molecule has 0 aromatic carbocycles. The summed E-state index contributed by atoms with van der Waals surface area (Å²) in [6.07, 6.45) is 1.94. The van der Waals surface area contributed by atoms with E-state index < -0.39 is 0 Å². The van der Waals surface area contributed by atoms with Crippen molar-refractivity contribution >= 4 is 0 Å². The summed E-state index contributed by atoms with van der Waals surface area (Å²) in [5.41, 5.74) is 15.1. The largest absolute Gasteiger partial charge is 2.00 e. The first-order chi connectivity index (χ1) is 14.2. The van der Waals surface area contributed by atoms with Crippen molar-refractivity contribution in [3.63, 3.8) is 0 Å². The van der Waals surface area contributed by atoms with Gasteiger partial charge < -0.3 is 142 Å². The van der Waals surface area contributed by atoms with E-state index in [2.05, 4.69) is 96.2 Å². The smallest absolute Gasteiger partial charge is 0.205 e. The van der Waals surface area contributed by atoms with E-state index in [0.717, 1.165) is 12.8 Å². The Hall–Kier alpha value is 1.31. The summed E-state index contributed by atoms with van der Waals surface area (Å²) in [4.78, 5) is 0. The van der Waals surface area contributed by atoms with Crippen LogP contribution in [0.1, 0.15) is 67.8 Å². The molecule has 4 heterocycles. The standard InChI is InChI=1S/2C11H16N4.8Mo.26O/c2*1-6-10(7(2)13-12-6)5-11-8(3)14-15-9(11)4;;;;;;;;;;;;;;;;;;;;;;;;;;;;;;;;;;/h2*5H2,1-4H3,(H,12,13)(H,14,15);;;;;;;;;;;;;;;;;;;;;;;;;;;;;;;;;;/q;;;;;;;;;;26*-2/p+4. The Kier molecular flexibility index (Phi) is 438. The fraction of sp³-hybridized carbons (Fsp3) is 0.455. The van der Waals surface area contributed by atoms with Gasteiger partial charge in [-0.15, -0.1) is 20.4 Å². The molecule has 42 heteroatoms. The van der Waals surface area contributed by atoms with Gasteiger partial charge in [0.1, 0.15) is 0 Å². The maximum absolute atomic E-state index is 3.14. The van der Waals surface area contributed by atoms with Crippen molar-refractivity contribution in [2.75, 3.05) is 0 Å². The minimum atomic E-state index is 0. The normalized spacial score (nSPS) is 5.12. The molecule has 0 saturated heterocycles. The molecular weight excluding hydrogens is 1560 g/mol. The number of aromatic amines is 8. The van der Waals surface area contributed by atoms with Crippen molar-refractivity contribution in [1.29, 1.82) is 0 Å². The molecule has 0 radical (unpaired) electrons. The molecule has 0 aliphatic heterocycles. The van der Waals surface area contributed by atoms with Gasteiger partial charge >= 0.3 is 0 Å². The van der Waals surface area contributed by atoms with Crippen molar-refractivity contribution < 1.29 is 331 Å². The van der Waals surface area contributed by atoms with Crippen LogP contribution in [-0.2, 0) is 324 Å². The zero-order valence-electron chi connectivity index (χ0n) is 33.3. The number of rotatable bonds is 4. The molecule has 0 unspecified atom stereocenters. The van der Waals surface area contributed by atoms with Crippen LogP contribution in [-0.4, -0.2) is 20.4 Å². The second-order valence-electron chi connectivity index (χ2n) is 8.27. The van der Waals surface area contributed by atoms with E-state index in [1.54, 1.807) is 0 Å². The molecule has 0 amide bonds. The van der Waals surface area contributed by atoms with Gasteiger partial charge in [-0.2, -0.15) is 20.4 Å². The molecular formula is C22H36Mo8N8O26-48. The first-order valence-corrected chi connectivity index (χ1v) is 10.4. The minimum Gasteiger partial charge on any atom is -2.00 e. The van der Waals surface area contributed by atoms with Crippen LogP contribution in [0.3, 0.4) is 0 Å². The number of aryl methyl sites for hydroxylation is 8. The molecule has 0 aliphatic rings. The Bertz CT molecular complexity index is 972. The van der Waals surface area contributed by atoms with Crippen LogP contribution >= 0.6 is 0 Å². The minimum absolute atomic E-state index is 0.